The number of nitrogens with zero attached hydrogens (tertiary/aromatic N) is 1. The zero-order valence-corrected chi connectivity index (χ0v) is 36.7. The fourth-order valence-corrected chi connectivity index (χ4v) is 11.9. The monoisotopic (exact) mass is 785 g/mol. The van der Waals surface area contributed by atoms with Gasteiger partial charge in [0.2, 0.25) is 0 Å². The SMILES string of the molecule is CC(C)(C)c1cc(C(C)(C)C)c2sc3cc4c(cc3c2c1)C(C)(C)c1cccc(N(c2ccc3c(c2)C(C)(C)c2ccccc2-3)c2ccc3c(c2)oc2ccccc23)c1-4. The first-order valence-electron chi connectivity index (χ1n) is 21.2. The van der Waals surface area contributed by atoms with Gasteiger partial charge in [-0.3, -0.25) is 0 Å². The van der Waals surface area contributed by atoms with Crippen molar-refractivity contribution in [2.45, 2.75) is 90.9 Å². The third-order valence-electron chi connectivity index (χ3n) is 13.7. The number of benzene rings is 7. The van der Waals surface area contributed by atoms with Crippen molar-refractivity contribution >= 4 is 70.5 Å². The van der Waals surface area contributed by atoms with Crippen LogP contribution in [0.25, 0.3) is 64.4 Å². The Morgan fingerprint density at radius 3 is 1.95 bits per heavy atom. The molecule has 9 aromatic rings. The van der Waals surface area contributed by atoms with Gasteiger partial charge in [0.1, 0.15) is 11.2 Å². The molecule has 0 spiro atoms. The zero-order valence-electron chi connectivity index (χ0n) is 35.9. The van der Waals surface area contributed by atoms with Crippen molar-refractivity contribution in [2.24, 2.45) is 0 Å². The largest absolute Gasteiger partial charge is 0.456 e. The van der Waals surface area contributed by atoms with Crippen LogP contribution in [0.3, 0.4) is 0 Å². The Morgan fingerprint density at radius 1 is 0.492 bits per heavy atom. The van der Waals surface area contributed by atoms with Crippen LogP contribution in [0.15, 0.2) is 132 Å². The molecule has 2 aliphatic rings. The summed E-state index contributed by atoms with van der Waals surface area (Å²) in [6.07, 6.45) is 0. The summed E-state index contributed by atoms with van der Waals surface area (Å²) in [5.41, 5.74) is 18.6. The lowest BCUT2D eigenvalue weighted by Crippen LogP contribution is -2.17. The quantitative estimate of drug-likeness (QED) is 0.177. The van der Waals surface area contributed by atoms with Crippen molar-refractivity contribution in [3.8, 4) is 22.3 Å². The number of furan rings is 1. The summed E-state index contributed by atoms with van der Waals surface area (Å²) in [6.45, 7) is 23.7. The molecule has 0 saturated carbocycles. The Kier molecular flexibility index (Phi) is 7.40. The van der Waals surface area contributed by atoms with E-state index in [1.807, 2.05) is 11.3 Å². The molecule has 0 N–H and O–H groups in total. The lowest BCUT2D eigenvalue weighted by Gasteiger charge is -2.30. The molecule has 0 fully saturated rings. The number of rotatable bonds is 3. The fourth-order valence-electron chi connectivity index (χ4n) is 10.4. The van der Waals surface area contributed by atoms with Gasteiger partial charge in [-0.2, -0.15) is 0 Å². The second-order valence-electron chi connectivity index (χ2n) is 20.2. The second-order valence-corrected chi connectivity index (χ2v) is 21.3. The highest BCUT2D eigenvalue weighted by Crippen LogP contribution is 2.58. The number of para-hydroxylation sites is 1. The third kappa shape index (κ3) is 5.16. The average molecular weight is 786 g/mol. The van der Waals surface area contributed by atoms with Crippen LogP contribution in [-0.2, 0) is 21.7 Å². The normalized spacial score (nSPS) is 15.2. The van der Waals surface area contributed by atoms with E-state index in [1.165, 1.54) is 81.5 Å². The van der Waals surface area contributed by atoms with Crippen LogP contribution in [0.2, 0.25) is 0 Å². The number of fused-ring (bicyclic) bond motifs is 12. The van der Waals surface area contributed by atoms with E-state index in [-0.39, 0.29) is 21.7 Å². The first kappa shape index (κ1) is 36.4. The van der Waals surface area contributed by atoms with E-state index >= 15 is 0 Å². The standard InChI is InChI=1S/C56H51NOS/c1-53(2,3)32-26-40-39-30-45-41(31-50(39)59-52(40)46(27-32)54(4,5)6)51-43(56(45,9)10)19-15-20-47(51)57(34-23-25-38-37-17-12-14-21-48(37)58-49(38)29-34)33-22-24-36-35-16-11-13-18-42(35)55(7,8)44(36)28-33/h11-31H,1-10H3. The second kappa shape index (κ2) is 12.0. The maximum Gasteiger partial charge on any atom is 0.137 e. The van der Waals surface area contributed by atoms with Crippen molar-refractivity contribution in [2.75, 3.05) is 4.90 Å². The molecule has 2 nitrogen and oxygen atoms in total. The molecule has 2 aromatic heterocycles. The van der Waals surface area contributed by atoms with Crippen LogP contribution in [0.4, 0.5) is 17.1 Å². The molecule has 0 bridgehead atoms. The van der Waals surface area contributed by atoms with Gasteiger partial charge < -0.3 is 9.32 Å². The lowest BCUT2D eigenvalue weighted by atomic mass is 9.79. The van der Waals surface area contributed by atoms with Gasteiger partial charge in [-0.15, -0.1) is 11.3 Å². The molecule has 0 aliphatic heterocycles. The fraction of sp³-hybridized carbons (Fsp3) is 0.250. The minimum atomic E-state index is -0.201. The van der Waals surface area contributed by atoms with Gasteiger partial charge in [0, 0.05) is 64.8 Å². The van der Waals surface area contributed by atoms with E-state index in [9.17, 15) is 0 Å². The van der Waals surface area contributed by atoms with Crippen LogP contribution in [0, 0.1) is 0 Å². The number of hydrogen-bond donors (Lipinski definition) is 0. The Balaban J connectivity index is 1.17. The van der Waals surface area contributed by atoms with Crippen LogP contribution >= 0.6 is 11.3 Å². The molecular weight excluding hydrogens is 735 g/mol. The van der Waals surface area contributed by atoms with E-state index < -0.39 is 0 Å². The molecule has 0 atom stereocenters. The summed E-state index contributed by atoms with van der Waals surface area (Å²) in [6, 6.07) is 48.2. The molecule has 2 aliphatic carbocycles. The molecule has 11 rings (SSSR count). The predicted octanol–water partition coefficient (Wildman–Crippen LogP) is 16.6. The van der Waals surface area contributed by atoms with Crippen LogP contribution in [0.5, 0.6) is 0 Å². The highest BCUT2D eigenvalue weighted by Gasteiger charge is 2.40. The molecule has 2 heterocycles. The van der Waals surface area contributed by atoms with Gasteiger partial charge in [-0.05, 0) is 115 Å². The summed E-state index contributed by atoms with van der Waals surface area (Å²) < 4.78 is 9.32. The molecule has 0 radical (unpaired) electrons. The lowest BCUT2D eigenvalue weighted by molar-refractivity contribution is 0.573. The molecule has 59 heavy (non-hydrogen) atoms. The number of thiophene rings is 1. The summed E-state index contributed by atoms with van der Waals surface area (Å²) in [5, 5.41) is 5.04. The van der Waals surface area contributed by atoms with E-state index in [2.05, 4.69) is 202 Å². The van der Waals surface area contributed by atoms with Crippen molar-refractivity contribution in [1.29, 1.82) is 0 Å². The highest BCUT2D eigenvalue weighted by atomic mass is 32.1. The first-order valence-corrected chi connectivity index (χ1v) is 22.0. The van der Waals surface area contributed by atoms with Crippen LogP contribution < -0.4 is 4.90 Å². The van der Waals surface area contributed by atoms with Gasteiger partial charge >= 0.3 is 0 Å². The number of anilines is 3. The molecule has 7 aromatic carbocycles. The van der Waals surface area contributed by atoms with Gasteiger partial charge in [0.05, 0.1) is 5.69 Å². The number of hydrogen-bond acceptors (Lipinski definition) is 3. The van der Waals surface area contributed by atoms with Gasteiger partial charge in [0.15, 0.2) is 0 Å². The smallest absolute Gasteiger partial charge is 0.137 e. The summed E-state index contributed by atoms with van der Waals surface area (Å²) >= 11 is 1.97. The van der Waals surface area contributed by atoms with Crippen LogP contribution in [-0.4, -0.2) is 0 Å². The van der Waals surface area contributed by atoms with Crippen molar-refractivity contribution in [3.63, 3.8) is 0 Å². The minimum Gasteiger partial charge on any atom is -0.456 e. The Bertz CT molecular complexity index is 3240. The van der Waals surface area contributed by atoms with Crippen LogP contribution in [0.1, 0.15) is 103 Å². The molecule has 0 amide bonds. The third-order valence-corrected chi connectivity index (χ3v) is 14.9. The first-order chi connectivity index (χ1) is 28.0. The highest BCUT2D eigenvalue weighted by molar-refractivity contribution is 7.26. The summed E-state index contributed by atoms with van der Waals surface area (Å²) in [5.74, 6) is 0. The molecular formula is C56H51NOS. The molecule has 3 heteroatoms. The maximum absolute atomic E-state index is 6.56. The van der Waals surface area contributed by atoms with Crippen molar-refractivity contribution in [3.05, 3.63) is 161 Å². The molecule has 292 valence electrons. The van der Waals surface area contributed by atoms with Crippen molar-refractivity contribution < 1.29 is 4.42 Å². The van der Waals surface area contributed by atoms with E-state index in [4.69, 9.17) is 4.42 Å². The summed E-state index contributed by atoms with van der Waals surface area (Å²) in [4.78, 5) is 2.50. The van der Waals surface area contributed by atoms with Gasteiger partial charge in [0.25, 0.3) is 0 Å². The predicted molar refractivity (Wildman–Crippen MR) is 254 cm³/mol. The Hall–Kier alpha value is -5.64. The Morgan fingerprint density at radius 2 is 1.15 bits per heavy atom. The van der Waals surface area contributed by atoms with Gasteiger partial charge in [-0.1, -0.05) is 136 Å². The average Bonchev–Trinajstić information content (AvgIpc) is 3.88. The van der Waals surface area contributed by atoms with E-state index in [0.717, 1.165) is 33.3 Å². The zero-order chi connectivity index (χ0) is 41.0. The maximum atomic E-state index is 6.56. The van der Waals surface area contributed by atoms with Gasteiger partial charge in [-0.25, -0.2) is 0 Å². The summed E-state index contributed by atoms with van der Waals surface area (Å²) in [7, 11) is 0. The topological polar surface area (TPSA) is 16.4 Å². The molecule has 0 saturated heterocycles. The van der Waals surface area contributed by atoms with E-state index in [0.29, 0.717) is 0 Å². The molecule has 0 unspecified atom stereocenters. The Labute approximate surface area is 352 Å². The van der Waals surface area contributed by atoms with Crippen molar-refractivity contribution in [1.82, 2.24) is 0 Å². The minimum absolute atomic E-state index is 0.0232. The van der Waals surface area contributed by atoms with E-state index in [1.54, 1.807) is 0 Å².